The lowest BCUT2D eigenvalue weighted by Gasteiger charge is -2.42. The molecule has 1 atom stereocenters. The van der Waals surface area contributed by atoms with Gasteiger partial charge >= 0.3 is 6.61 Å². The molecule has 1 unspecified atom stereocenters. The van der Waals surface area contributed by atoms with E-state index in [4.69, 9.17) is 5.73 Å². The monoisotopic (exact) mass is 316 g/mol. The minimum absolute atomic E-state index is 0.0971. The molecule has 6 heteroatoms. The molecule has 0 amide bonds. The van der Waals surface area contributed by atoms with Crippen molar-refractivity contribution < 1.29 is 13.5 Å². The minimum atomic E-state index is -2.82. The van der Waals surface area contributed by atoms with E-state index in [9.17, 15) is 8.78 Å². The van der Waals surface area contributed by atoms with Crippen molar-refractivity contribution in [2.45, 2.75) is 31.2 Å². The molecule has 118 valence electrons. The highest BCUT2D eigenvalue weighted by molar-refractivity contribution is 8.00. The third-order valence-electron chi connectivity index (χ3n) is 3.61. The molecule has 0 aromatic heterocycles. The highest BCUT2D eigenvalue weighted by atomic mass is 32.2. The number of ether oxygens (including phenoxy) is 1. The molecule has 0 bridgehead atoms. The zero-order chi connectivity index (χ0) is 15.5. The van der Waals surface area contributed by atoms with Crippen LogP contribution in [0.1, 0.15) is 25.5 Å². The van der Waals surface area contributed by atoms with Gasteiger partial charge in [-0.15, -0.1) is 0 Å². The summed E-state index contributed by atoms with van der Waals surface area (Å²) in [6.45, 7) is 3.72. The van der Waals surface area contributed by atoms with Gasteiger partial charge in [-0.25, -0.2) is 0 Å². The number of thioether (sulfide) groups is 1. The zero-order valence-electron chi connectivity index (χ0n) is 12.4. The van der Waals surface area contributed by atoms with Crippen molar-refractivity contribution in [2.24, 2.45) is 5.73 Å². The van der Waals surface area contributed by atoms with Gasteiger partial charge in [-0.3, -0.25) is 4.90 Å². The first-order chi connectivity index (χ1) is 9.93. The number of para-hydroxylation sites is 1. The summed E-state index contributed by atoms with van der Waals surface area (Å²) in [5.74, 6) is 1.24. The van der Waals surface area contributed by atoms with Crippen LogP contribution < -0.4 is 10.5 Å². The van der Waals surface area contributed by atoms with Crippen molar-refractivity contribution in [3.05, 3.63) is 29.8 Å². The predicted molar refractivity (Wildman–Crippen MR) is 83.0 cm³/mol. The summed E-state index contributed by atoms with van der Waals surface area (Å²) in [4.78, 5) is 2.27. The molecule has 1 aromatic rings. The Kier molecular flexibility index (Phi) is 5.46. The number of hydrogen-bond donors (Lipinski definition) is 1. The molecule has 1 aliphatic rings. The van der Waals surface area contributed by atoms with Gasteiger partial charge in [0.2, 0.25) is 0 Å². The minimum Gasteiger partial charge on any atom is -0.434 e. The van der Waals surface area contributed by atoms with Crippen molar-refractivity contribution in [3.63, 3.8) is 0 Å². The highest BCUT2D eigenvalue weighted by Gasteiger charge is 2.32. The summed E-state index contributed by atoms with van der Waals surface area (Å²) in [6, 6.07) is 6.84. The number of benzene rings is 1. The maximum atomic E-state index is 12.6. The molecule has 2 rings (SSSR count). The topological polar surface area (TPSA) is 38.5 Å². The van der Waals surface area contributed by atoms with Crippen LogP contribution in [0.15, 0.2) is 24.3 Å². The fourth-order valence-corrected chi connectivity index (χ4v) is 3.89. The van der Waals surface area contributed by atoms with Gasteiger partial charge in [-0.2, -0.15) is 20.5 Å². The van der Waals surface area contributed by atoms with E-state index in [1.807, 2.05) is 23.9 Å². The van der Waals surface area contributed by atoms with E-state index in [2.05, 4.69) is 23.5 Å². The molecule has 1 heterocycles. The summed E-state index contributed by atoms with van der Waals surface area (Å²) >= 11 is 1.93. The molecule has 0 radical (unpaired) electrons. The lowest BCUT2D eigenvalue weighted by atomic mass is 10.0. The first-order valence-corrected chi connectivity index (χ1v) is 8.03. The molecule has 0 saturated carbocycles. The molecule has 1 saturated heterocycles. The third-order valence-corrected chi connectivity index (χ3v) is 4.91. The van der Waals surface area contributed by atoms with Gasteiger partial charge in [-0.05, 0) is 19.9 Å². The van der Waals surface area contributed by atoms with Gasteiger partial charge in [0, 0.05) is 35.7 Å². The van der Waals surface area contributed by atoms with Crippen LogP contribution in [-0.4, -0.2) is 41.6 Å². The van der Waals surface area contributed by atoms with Crippen molar-refractivity contribution in [2.75, 3.05) is 25.4 Å². The smallest absolute Gasteiger partial charge is 0.387 e. The average molecular weight is 316 g/mol. The van der Waals surface area contributed by atoms with E-state index in [1.54, 1.807) is 12.1 Å². The molecule has 2 N–H and O–H groups in total. The Bertz CT molecular complexity index is 471. The normalized spacial score (nSPS) is 20.5. The van der Waals surface area contributed by atoms with Crippen molar-refractivity contribution in [3.8, 4) is 5.75 Å². The predicted octanol–water partition coefficient (Wildman–Crippen LogP) is 3.12. The van der Waals surface area contributed by atoms with Gasteiger partial charge in [0.1, 0.15) is 5.75 Å². The fourth-order valence-electron chi connectivity index (χ4n) is 2.75. The number of nitrogens with two attached hydrogens (primary N) is 1. The number of hydrogen-bond acceptors (Lipinski definition) is 4. The Hall–Kier alpha value is -0.850. The molecule has 1 fully saturated rings. The number of halogens is 2. The van der Waals surface area contributed by atoms with E-state index in [0.717, 1.165) is 24.4 Å². The maximum absolute atomic E-state index is 12.6. The quantitative estimate of drug-likeness (QED) is 0.906. The second-order valence-corrected chi connectivity index (χ2v) is 7.55. The third kappa shape index (κ3) is 4.31. The second-order valence-electron chi connectivity index (χ2n) is 5.75. The van der Waals surface area contributed by atoms with Crippen molar-refractivity contribution in [1.82, 2.24) is 4.90 Å². The van der Waals surface area contributed by atoms with E-state index in [1.165, 1.54) is 0 Å². The fraction of sp³-hybridized carbons (Fsp3) is 0.600. The first-order valence-electron chi connectivity index (χ1n) is 7.05. The number of alkyl halides is 2. The van der Waals surface area contributed by atoms with E-state index in [0.29, 0.717) is 6.54 Å². The molecule has 3 nitrogen and oxygen atoms in total. The van der Waals surface area contributed by atoms with Crippen LogP contribution in [0.5, 0.6) is 5.75 Å². The van der Waals surface area contributed by atoms with Crippen LogP contribution in [0.3, 0.4) is 0 Å². The van der Waals surface area contributed by atoms with Crippen molar-refractivity contribution >= 4 is 11.8 Å². The molecule has 0 spiro atoms. The van der Waals surface area contributed by atoms with Crippen LogP contribution in [0.2, 0.25) is 0 Å². The van der Waals surface area contributed by atoms with Crippen LogP contribution in [0.4, 0.5) is 8.78 Å². The van der Waals surface area contributed by atoms with Crippen LogP contribution >= 0.6 is 11.8 Å². The van der Waals surface area contributed by atoms with Gasteiger partial charge in [0.15, 0.2) is 0 Å². The summed E-state index contributed by atoms with van der Waals surface area (Å²) in [5.41, 5.74) is 6.67. The van der Waals surface area contributed by atoms with E-state index < -0.39 is 6.61 Å². The van der Waals surface area contributed by atoms with Gasteiger partial charge in [0.05, 0.1) is 6.04 Å². The summed E-state index contributed by atoms with van der Waals surface area (Å²) in [7, 11) is 0. The van der Waals surface area contributed by atoms with Crippen molar-refractivity contribution in [1.29, 1.82) is 0 Å². The average Bonchev–Trinajstić information content (AvgIpc) is 2.40. The van der Waals surface area contributed by atoms with Gasteiger partial charge in [-0.1, -0.05) is 18.2 Å². The molecule has 1 aliphatic heterocycles. The molecule has 1 aromatic carbocycles. The Morgan fingerprint density at radius 2 is 2.10 bits per heavy atom. The van der Waals surface area contributed by atoms with Crippen LogP contribution in [0.25, 0.3) is 0 Å². The standard InChI is InChI=1S/C15H22F2N2OS/c1-15(2)10-19(7-8-21-15)12(9-18)11-5-3-4-6-13(11)20-14(16)17/h3-6,12,14H,7-10,18H2,1-2H3. The molecular formula is C15H22F2N2OS. The largest absolute Gasteiger partial charge is 0.434 e. The lowest BCUT2D eigenvalue weighted by molar-refractivity contribution is -0.0512. The van der Waals surface area contributed by atoms with E-state index in [-0.39, 0.29) is 16.5 Å². The first kappa shape index (κ1) is 16.5. The molecule has 21 heavy (non-hydrogen) atoms. The Morgan fingerprint density at radius 3 is 2.71 bits per heavy atom. The summed E-state index contributed by atoms with van der Waals surface area (Å²) in [5, 5.41) is 0. The van der Waals surface area contributed by atoms with Crippen LogP contribution in [-0.2, 0) is 0 Å². The molecule has 0 aliphatic carbocycles. The lowest BCUT2D eigenvalue weighted by Crippen LogP contribution is -2.46. The zero-order valence-corrected chi connectivity index (χ0v) is 13.2. The van der Waals surface area contributed by atoms with Crippen LogP contribution in [0, 0.1) is 0 Å². The van der Waals surface area contributed by atoms with Gasteiger partial charge in [0.25, 0.3) is 0 Å². The maximum Gasteiger partial charge on any atom is 0.387 e. The summed E-state index contributed by atoms with van der Waals surface area (Å²) < 4.78 is 29.9. The van der Waals surface area contributed by atoms with Gasteiger partial charge < -0.3 is 10.5 Å². The number of rotatable bonds is 5. The Labute approximate surface area is 128 Å². The van der Waals surface area contributed by atoms with E-state index >= 15 is 0 Å². The SMILES string of the molecule is CC1(C)CN(C(CN)c2ccccc2OC(F)F)CCS1. The summed E-state index contributed by atoms with van der Waals surface area (Å²) in [6.07, 6.45) is 0. The second kappa shape index (κ2) is 6.94. The number of nitrogens with zero attached hydrogens (tertiary/aromatic N) is 1. The Balaban J connectivity index is 2.25. The molecular weight excluding hydrogens is 294 g/mol. The Morgan fingerprint density at radius 1 is 1.38 bits per heavy atom. The highest BCUT2D eigenvalue weighted by Crippen LogP contribution is 2.36.